The normalized spacial score (nSPS) is 14.5. The van der Waals surface area contributed by atoms with Crippen LogP contribution in [0, 0.1) is 11.3 Å². The Morgan fingerprint density at radius 3 is 2.67 bits per heavy atom. The van der Waals surface area contributed by atoms with E-state index in [0.29, 0.717) is 12.1 Å². The monoisotopic (exact) mass is 416 g/mol. The molecule has 27 heavy (non-hydrogen) atoms. The van der Waals surface area contributed by atoms with Crippen LogP contribution in [0.1, 0.15) is 29.8 Å². The minimum atomic E-state index is 0.247. The van der Waals surface area contributed by atoms with Crippen LogP contribution in [0.2, 0.25) is 5.15 Å². The fraction of sp³-hybridized carbons (Fsp3) is 0.333. The molecule has 0 amide bonds. The van der Waals surface area contributed by atoms with E-state index in [-0.39, 0.29) is 5.15 Å². The van der Waals surface area contributed by atoms with Gasteiger partial charge in [-0.2, -0.15) is 9.64 Å². The van der Waals surface area contributed by atoms with Crippen molar-refractivity contribution in [1.29, 1.82) is 5.26 Å². The zero-order valence-corrected chi connectivity index (χ0v) is 16.9. The summed E-state index contributed by atoms with van der Waals surface area (Å²) >= 11 is 8.64. The standard InChI is InChI=1S/C18H17ClN6S2/c19-16-14(10-20)17(27-23-16)26-18-22-21-15(12-24-8-4-5-9-24)25(18)11-13-6-2-1-3-7-13/h1-3,6-7H,4-5,8-9,11-12H2. The van der Waals surface area contributed by atoms with Gasteiger partial charge in [0.25, 0.3) is 0 Å². The molecular weight excluding hydrogens is 400 g/mol. The first-order valence-corrected chi connectivity index (χ1v) is 10.6. The van der Waals surface area contributed by atoms with Crippen LogP contribution >= 0.6 is 34.9 Å². The van der Waals surface area contributed by atoms with Crippen LogP contribution < -0.4 is 0 Å². The molecule has 0 bridgehead atoms. The molecule has 0 radical (unpaired) electrons. The van der Waals surface area contributed by atoms with Crippen LogP contribution in [0.4, 0.5) is 0 Å². The summed E-state index contributed by atoms with van der Waals surface area (Å²) < 4.78 is 6.96. The Hall–Kier alpha value is -1.92. The number of halogens is 1. The van der Waals surface area contributed by atoms with Gasteiger partial charge >= 0.3 is 0 Å². The van der Waals surface area contributed by atoms with Gasteiger partial charge in [0, 0.05) is 0 Å². The highest BCUT2D eigenvalue weighted by atomic mass is 35.5. The summed E-state index contributed by atoms with van der Waals surface area (Å²) in [7, 11) is 0. The van der Waals surface area contributed by atoms with Gasteiger partial charge in [-0.15, -0.1) is 10.2 Å². The van der Waals surface area contributed by atoms with E-state index in [9.17, 15) is 5.26 Å². The van der Waals surface area contributed by atoms with E-state index >= 15 is 0 Å². The van der Waals surface area contributed by atoms with Crippen molar-refractivity contribution in [3.8, 4) is 6.07 Å². The predicted octanol–water partition coefficient (Wildman–Crippen LogP) is 4.05. The Morgan fingerprint density at radius 1 is 1.15 bits per heavy atom. The molecule has 1 aromatic carbocycles. The van der Waals surface area contributed by atoms with E-state index in [1.807, 2.05) is 18.2 Å². The molecule has 1 saturated heterocycles. The molecule has 0 spiro atoms. The highest BCUT2D eigenvalue weighted by Gasteiger charge is 2.21. The van der Waals surface area contributed by atoms with Crippen LogP contribution in [0.3, 0.4) is 0 Å². The second-order valence-corrected chi connectivity index (χ2v) is 8.67. The third-order valence-electron chi connectivity index (χ3n) is 4.46. The molecule has 2 aromatic heterocycles. The van der Waals surface area contributed by atoms with Crippen LogP contribution in [0.25, 0.3) is 0 Å². The fourth-order valence-corrected chi connectivity index (χ4v) is 5.18. The molecule has 1 aliphatic rings. The van der Waals surface area contributed by atoms with Crippen molar-refractivity contribution in [2.45, 2.75) is 35.3 Å². The largest absolute Gasteiger partial charge is 0.300 e. The molecule has 6 nitrogen and oxygen atoms in total. The average molecular weight is 417 g/mol. The van der Waals surface area contributed by atoms with E-state index in [1.165, 1.54) is 41.7 Å². The van der Waals surface area contributed by atoms with Crippen molar-refractivity contribution in [2.24, 2.45) is 0 Å². The van der Waals surface area contributed by atoms with Gasteiger partial charge in [0.15, 0.2) is 10.3 Å². The van der Waals surface area contributed by atoms with Gasteiger partial charge < -0.3 is 4.57 Å². The first-order chi connectivity index (χ1) is 13.2. The molecule has 0 aliphatic carbocycles. The number of nitrogens with zero attached hydrogens (tertiary/aromatic N) is 6. The van der Waals surface area contributed by atoms with E-state index in [1.54, 1.807) is 0 Å². The molecule has 0 atom stereocenters. The Kier molecular flexibility index (Phi) is 5.74. The highest BCUT2D eigenvalue weighted by Crippen LogP contribution is 2.36. The zero-order chi connectivity index (χ0) is 18.6. The third-order valence-corrected chi connectivity index (χ3v) is 6.82. The van der Waals surface area contributed by atoms with E-state index in [0.717, 1.165) is 34.8 Å². The lowest BCUT2D eigenvalue weighted by molar-refractivity contribution is 0.316. The Morgan fingerprint density at radius 2 is 1.93 bits per heavy atom. The summed E-state index contributed by atoms with van der Waals surface area (Å²) in [6.45, 7) is 3.68. The van der Waals surface area contributed by atoms with Crippen LogP contribution in [0.15, 0.2) is 39.7 Å². The summed E-state index contributed by atoms with van der Waals surface area (Å²) in [5.41, 5.74) is 1.59. The smallest absolute Gasteiger partial charge is 0.197 e. The number of likely N-dealkylation sites (tertiary alicyclic amines) is 1. The molecular formula is C18H17ClN6S2. The number of hydrogen-bond acceptors (Lipinski definition) is 7. The Labute approximate surface area is 171 Å². The van der Waals surface area contributed by atoms with Crippen LogP contribution in [0.5, 0.6) is 0 Å². The second kappa shape index (κ2) is 8.40. The molecule has 0 N–H and O–H groups in total. The van der Waals surface area contributed by atoms with Crippen LogP contribution in [-0.2, 0) is 13.1 Å². The van der Waals surface area contributed by atoms with Gasteiger partial charge in [-0.1, -0.05) is 41.9 Å². The average Bonchev–Trinajstić information content (AvgIpc) is 3.40. The number of aromatic nitrogens is 4. The minimum Gasteiger partial charge on any atom is -0.300 e. The quantitative estimate of drug-likeness (QED) is 0.603. The summed E-state index contributed by atoms with van der Waals surface area (Å²) in [6.07, 6.45) is 2.47. The molecule has 1 fully saturated rings. The third kappa shape index (κ3) is 4.17. The Balaban J connectivity index is 1.65. The number of hydrogen-bond donors (Lipinski definition) is 0. The van der Waals surface area contributed by atoms with Crippen molar-refractivity contribution in [3.63, 3.8) is 0 Å². The predicted molar refractivity (Wildman–Crippen MR) is 106 cm³/mol. The fourth-order valence-electron chi connectivity index (χ4n) is 3.08. The first kappa shape index (κ1) is 18.4. The molecule has 0 saturated carbocycles. The lowest BCUT2D eigenvalue weighted by Gasteiger charge is -2.15. The summed E-state index contributed by atoms with van der Waals surface area (Å²) in [5, 5.41) is 19.2. The van der Waals surface area contributed by atoms with Crippen LogP contribution in [-0.4, -0.2) is 37.1 Å². The molecule has 1 aliphatic heterocycles. The zero-order valence-electron chi connectivity index (χ0n) is 14.5. The molecule has 9 heteroatoms. The lowest BCUT2D eigenvalue weighted by Crippen LogP contribution is -2.21. The van der Waals surface area contributed by atoms with E-state index < -0.39 is 0 Å². The lowest BCUT2D eigenvalue weighted by atomic mass is 10.2. The van der Waals surface area contributed by atoms with Gasteiger partial charge in [-0.3, -0.25) is 4.90 Å². The van der Waals surface area contributed by atoms with Crippen molar-refractivity contribution in [2.75, 3.05) is 13.1 Å². The first-order valence-electron chi connectivity index (χ1n) is 8.66. The maximum Gasteiger partial charge on any atom is 0.197 e. The number of nitriles is 1. The van der Waals surface area contributed by atoms with Gasteiger partial charge in [0.05, 0.1) is 13.1 Å². The maximum absolute atomic E-state index is 9.33. The Bertz CT molecular complexity index is 956. The maximum atomic E-state index is 9.33. The van der Waals surface area contributed by atoms with Crippen molar-refractivity contribution in [3.05, 3.63) is 52.4 Å². The minimum absolute atomic E-state index is 0.247. The van der Waals surface area contributed by atoms with Gasteiger partial charge in [-0.05, 0) is 54.8 Å². The SMILES string of the molecule is N#Cc1c(Cl)nsc1Sc1nnc(CN2CCCC2)n1Cc1ccccc1. The van der Waals surface area contributed by atoms with E-state index in [4.69, 9.17) is 11.6 Å². The number of rotatable bonds is 6. The van der Waals surface area contributed by atoms with E-state index in [2.05, 4.69) is 42.2 Å². The van der Waals surface area contributed by atoms with Gasteiger partial charge in [0.2, 0.25) is 0 Å². The highest BCUT2D eigenvalue weighted by molar-refractivity contribution is 8.01. The molecule has 4 rings (SSSR count). The summed E-state index contributed by atoms with van der Waals surface area (Å²) in [5.74, 6) is 0.942. The summed E-state index contributed by atoms with van der Waals surface area (Å²) in [6, 6.07) is 12.4. The summed E-state index contributed by atoms with van der Waals surface area (Å²) in [4.78, 5) is 2.41. The molecule has 0 unspecified atom stereocenters. The topological polar surface area (TPSA) is 70.6 Å². The van der Waals surface area contributed by atoms with Gasteiger partial charge in [0.1, 0.15) is 21.7 Å². The van der Waals surface area contributed by atoms with Crippen molar-refractivity contribution < 1.29 is 0 Å². The molecule has 3 heterocycles. The molecule has 138 valence electrons. The van der Waals surface area contributed by atoms with Crippen molar-refractivity contribution in [1.82, 2.24) is 24.0 Å². The molecule has 3 aromatic rings. The number of benzene rings is 1. The van der Waals surface area contributed by atoms with Crippen molar-refractivity contribution >= 4 is 34.9 Å². The second-order valence-electron chi connectivity index (χ2n) is 6.30. The van der Waals surface area contributed by atoms with Gasteiger partial charge in [-0.25, -0.2) is 0 Å².